The number of ether oxygens (including phenoxy) is 6. The zero-order valence-electron chi connectivity index (χ0n) is 30.4. The maximum atomic E-state index is 10.9. The molecule has 0 aromatic rings. The van der Waals surface area contributed by atoms with Gasteiger partial charge in [-0.15, -0.1) is 0 Å². The summed E-state index contributed by atoms with van der Waals surface area (Å²) in [5.41, 5.74) is 3.80. The minimum absolute atomic E-state index is 0.0218. The van der Waals surface area contributed by atoms with Gasteiger partial charge in [-0.25, -0.2) is 19.2 Å². The fourth-order valence-corrected chi connectivity index (χ4v) is 1.79. The Morgan fingerprint density at radius 1 is 0.519 bits per heavy atom. The highest BCUT2D eigenvalue weighted by molar-refractivity contribution is 6.61. The van der Waals surface area contributed by atoms with Crippen LogP contribution < -0.4 is 21.7 Å². The van der Waals surface area contributed by atoms with E-state index in [-0.39, 0.29) is 65.5 Å². The second-order valence-corrected chi connectivity index (χ2v) is 8.80. The van der Waals surface area contributed by atoms with Gasteiger partial charge in [0, 0.05) is 37.8 Å². The van der Waals surface area contributed by atoms with Crippen molar-refractivity contribution in [3.8, 4) is 0 Å². The molecule has 0 heterocycles. The number of nitrogens with two attached hydrogens (primary N) is 1. The van der Waals surface area contributed by atoms with Crippen molar-refractivity contribution in [1.29, 1.82) is 0 Å². The first kappa shape index (κ1) is 60.8. The van der Waals surface area contributed by atoms with Gasteiger partial charge in [0.25, 0.3) is 0 Å². The lowest BCUT2D eigenvalue weighted by molar-refractivity contribution is -0.144. The molecule has 0 aliphatic heterocycles. The normalized spacial score (nSPS) is 8.61. The molecular weight excluding hydrogens is 764 g/mol. The number of esters is 2. The SMILES string of the molecule is COC(=O)Cl.COC(=O)NCC(=O)O.COC(=O)NCC(=O)OCCCC(=O)O.COC(=O)NCC(=O)OCCCCO.NCC(=O)O.OCCCCO. The smallest absolute Gasteiger partial charge is 0.407 e. The molecule has 3 amide bonds. The Hall–Kier alpha value is -5.24. The molecule has 318 valence electrons. The highest BCUT2D eigenvalue weighted by Gasteiger charge is 2.07. The summed E-state index contributed by atoms with van der Waals surface area (Å²) in [4.78, 5) is 91.3. The molecule has 0 saturated heterocycles. The van der Waals surface area contributed by atoms with E-state index in [1.165, 1.54) is 21.3 Å². The zero-order chi connectivity index (χ0) is 43.2. The number of carbonyl (C=O) groups is 9. The molecule has 0 spiro atoms. The summed E-state index contributed by atoms with van der Waals surface area (Å²) in [6.07, 6.45) is 0.703. The number of carboxylic acids is 3. The van der Waals surface area contributed by atoms with Gasteiger partial charge in [-0.3, -0.25) is 24.0 Å². The largest absolute Gasteiger partial charge is 0.481 e. The number of hydrogen-bond acceptors (Lipinski definition) is 19. The van der Waals surface area contributed by atoms with Gasteiger partial charge in [0.1, 0.15) is 19.6 Å². The van der Waals surface area contributed by atoms with Crippen LogP contribution in [0.2, 0.25) is 0 Å². The summed E-state index contributed by atoms with van der Waals surface area (Å²) >= 11 is 4.60. The van der Waals surface area contributed by atoms with Crippen molar-refractivity contribution in [3.63, 3.8) is 0 Å². The Morgan fingerprint density at radius 3 is 1.09 bits per heavy atom. The molecule has 0 aliphatic rings. The van der Waals surface area contributed by atoms with Gasteiger partial charge in [-0.2, -0.15) is 0 Å². The molecule has 0 saturated carbocycles. The standard InChI is InChI=1S/C8H13NO6.C8H15NO5.C4H7NO4.C4H10O2.C2H3ClO2.C2H5NO2/c1-14-8(13)9-5-7(12)15-4-2-3-6(10)11;1-13-8(12)9-6-7(11)14-5-3-2-4-10;1-9-4(8)5-2-3(6)7;5-3-1-2-4-6;1-5-2(3)4;3-1-2(4)5/h2-5H2,1H3,(H,9,13)(H,10,11);10H,2-6H2,1H3,(H,9,12);2H2,1H3,(H,5,8)(H,6,7);5-6H,1-4H2;1H3;1,3H2,(H,4,5). The van der Waals surface area contributed by atoms with Crippen molar-refractivity contribution in [2.45, 2.75) is 38.5 Å². The number of carboxylic acid groups (broad SMARTS) is 3. The monoisotopic (exact) mass is 816 g/mol. The number of alkyl carbamates (subject to hydrolysis) is 3. The van der Waals surface area contributed by atoms with E-state index in [0.29, 0.717) is 12.8 Å². The summed E-state index contributed by atoms with van der Waals surface area (Å²) in [6.45, 7) is -0.437. The van der Waals surface area contributed by atoms with Gasteiger partial charge in [0.2, 0.25) is 0 Å². The Bertz CT molecular complexity index is 1000. The molecule has 0 aromatic heterocycles. The Balaban J connectivity index is -0.000000136. The number of hydrogen-bond donors (Lipinski definition) is 10. The van der Waals surface area contributed by atoms with Crippen LogP contribution in [0, 0.1) is 0 Å². The van der Waals surface area contributed by atoms with Crippen molar-refractivity contribution in [2.24, 2.45) is 5.73 Å². The molecule has 11 N–H and O–H groups in total. The molecule has 0 bridgehead atoms. The molecule has 0 unspecified atom stereocenters. The third-order valence-electron chi connectivity index (χ3n) is 4.21. The predicted octanol–water partition coefficient (Wildman–Crippen LogP) is -1.39. The van der Waals surface area contributed by atoms with Crippen LogP contribution in [-0.2, 0) is 52.4 Å². The second kappa shape index (κ2) is 49.9. The molecular formula is C28H53ClN4O21. The van der Waals surface area contributed by atoms with Gasteiger partial charge in [0.15, 0.2) is 0 Å². The summed E-state index contributed by atoms with van der Waals surface area (Å²) in [5.74, 6) is -4.16. The lowest BCUT2D eigenvalue weighted by Gasteiger charge is -2.04. The molecule has 0 rings (SSSR count). The van der Waals surface area contributed by atoms with Gasteiger partial charge in [-0.05, 0) is 32.1 Å². The third-order valence-corrected chi connectivity index (χ3v) is 4.36. The van der Waals surface area contributed by atoms with E-state index < -0.39 is 60.1 Å². The number of aliphatic hydroxyl groups excluding tert-OH is 3. The Morgan fingerprint density at radius 2 is 0.833 bits per heavy atom. The second-order valence-electron chi connectivity index (χ2n) is 8.49. The Labute approximate surface area is 315 Å². The van der Waals surface area contributed by atoms with E-state index in [1.807, 2.05) is 5.32 Å². The minimum Gasteiger partial charge on any atom is -0.481 e. The average Bonchev–Trinajstić information content (AvgIpc) is 3.15. The zero-order valence-corrected chi connectivity index (χ0v) is 31.1. The molecule has 0 radical (unpaired) electrons. The maximum absolute atomic E-state index is 10.9. The molecule has 0 fully saturated rings. The van der Waals surface area contributed by atoms with Crippen molar-refractivity contribution in [3.05, 3.63) is 0 Å². The summed E-state index contributed by atoms with van der Waals surface area (Å²) in [5, 5.41) is 54.7. The fraction of sp³-hybridized carbons (Fsp3) is 0.679. The molecule has 0 aliphatic carbocycles. The average molecular weight is 817 g/mol. The van der Waals surface area contributed by atoms with E-state index in [0.717, 1.165) is 20.0 Å². The van der Waals surface area contributed by atoms with Gasteiger partial charge >= 0.3 is 53.6 Å². The van der Waals surface area contributed by atoms with E-state index in [1.54, 1.807) is 0 Å². The van der Waals surface area contributed by atoms with E-state index in [9.17, 15) is 43.2 Å². The highest BCUT2D eigenvalue weighted by atomic mass is 35.5. The van der Waals surface area contributed by atoms with E-state index in [4.69, 9.17) is 35.4 Å². The fourth-order valence-electron chi connectivity index (χ4n) is 1.79. The number of halogens is 1. The molecule has 54 heavy (non-hydrogen) atoms. The third kappa shape index (κ3) is 76.6. The Kier molecular flexibility index (Phi) is 56.2. The van der Waals surface area contributed by atoms with Crippen LogP contribution in [0.5, 0.6) is 0 Å². The van der Waals surface area contributed by atoms with Crippen molar-refractivity contribution in [1.82, 2.24) is 16.0 Å². The summed E-state index contributed by atoms with van der Waals surface area (Å²) in [7, 11) is 4.77. The van der Waals surface area contributed by atoms with Gasteiger partial charge in [0.05, 0.1) is 48.2 Å². The lowest BCUT2D eigenvalue weighted by Crippen LogP contribution is -2.30. The maximum Gasteiger partial charge on any atom is 0.407 e. The van der Waals surface area contributed by atoms with Crippen LogP contribution in [0.1, 0.15) is 38.5 Å². The van der Waals surface area contributed by atoms with Gasteiger partial charge < -0.3 is 80.7 Å². The number of amides is 3. The number of carbonyl (C=O) groups excluding carboxylic acids is 6. The molecule has 0 aromatic carbocycles. The van der Waals surface area contributed by atoms with Crippen molar-refractivity contribution >= 4 is 65.2 Å². The predicted molar refractivity (Wildman–Crippen MR) is 182 cm³/mol. The van der Waals surface area contributed by atoms with Gasteiger partial charge in [-0.1, -0.05) is 0 Å². The summed E-state index contributed by atoms with van der Waals surface area (Å²) in [6, 6.07) is 0. The van der Waals surface area contributed by atoms with Crippen molar-refractivity contribution < 1.29 is 102 Å². The summed E-state index contributed by atoms with van der Waals surface area (Å²) < 4.78 is 25.8. The molecule has 0 atom stereocenters. The molecule has 26 heteroatoms. The number of aliphatic carboxylic acids is 3. The van der Waals surface area contributed by atoms with E-state index >= 15 is 0 Å². The van der Waals surface area contributed by atoms with Crippen LogP contribution in [0.25, 0.3) is 0 Å². The first-order valence-corrected chi connectivity index (χ1v) is 15.4. The first-order chi connectivity index (χ1) is 25.4. The van der Waals surface area contributed by atoms with Crippen LogP contribution >= 0.6 is 11.6 Å². The van der Waals surface area contributed by atoms with Crippen molar-refractivity contribution in [2.75, 3.05) is 87.7 Å². The van der Waals surface area contributed by atoms with Crippen LogP contribution in [0.3, 0.4) is 0 Å². The number of rotatable bonds is 18. The minimum atomic E-state index is -1.10. The van der Waals surface area contributed by atoms with Crippen LogP contribution in [0.4, 0.5) is 19.2 Å². The number of unbranched alkanes of at least 4 members (excludes halogenated alkanes) is 2. The first-order valence-electron chi connectivity index (χ1n) is 15.1. The number of methoxy groups -OCH3 is 4. The topological polar surface area (TPSA) is 392 Å². The van der Waals surface area contributed by atoms with Crippen LogP contribution in [-0.4, -0.2) is 172 Å². The molecule has 25 nitrogen and oxygen atoms in total. The number of aliphatic hydroxyl groups is 3. The van der Waals surface area contributed by atoms with E-state index in [2.05, 4.69) is 51.7 Å². The quantitative estimate of drug-likeness (QED) is 0.0329. The number of nitrogens with one attached hydrogen (secondary N) is 3. The van der Waals surface area contributed by atoms with Crippen LogP contribution in [0.15, 0.2) is 0 Å². The highest BCUT2D eigenvalue weighted by Crippen LogP contribution is 1.91. The lowest BCUT2D eigenvalue weighted by atomic mass is 10.3.